The van der Waals surface area contributed by atoms with Crippen molar-refractivity contribution in [2.45, 2.75) is 25.7 Å². The predicted molar refractivity (Wildman–Crippen MR) is 88.7 cm³/mol. The number of rotatable bonds is 4. The molecule has 1 saturated carbocycles. The third-order valence-corrected chi connectivity index (χ3v) is 4.69. The maximum Gasteiger partial charge on any atom is 0.259 e. The molecule has 0 bridgehead atoms. The molecule has 0 saturated heterocycles. The minimum Gasteiger partial charge on any atom is -0.420 e. The second-order valence-electron chi connectivity index (χ2n) is 5.70. The first-order valence-electron chi connectivity index (χ1n) is 7.50. The second-order valence-corrected chi connectivity index (χ2v) is 6.62. The Kier molecular flexibility index (Phi) is 3.46. The van der Waals surface area contributed by atoms with E-state index < -0.39 is 0 Å². The van der Waals surface area contributed by atoms with Crippen molar-refractivity contribution in [3.05, 3.63) is 52.7 Å². The van der Waals surface area contributed by atoms with Crippen LogP contribution in [0.2, 0.25) is 0 Å². The number of thiophene rings is 1. The van der Waals surface area contributed by atoms with Crippen molar-refractivity contribution >= 4 is 22.9 Å². The van der Waals surface area contributed by atoms with Crippen molar-refractivity contribution < 1.29 is 9.21 Å². The Hall–Kier alpha value is -2.47. The second kappa shape index (κ2) is 5.62. The normalized spacial score (nSPS) is 14.0. The molecule has 0 spiro atoms. The van der Waals surface area contributed by atoms with Gasteiger partial charge in [-0.15, -0.1) is 21.5 Å². The molecule has 1 amide bonds. The summed E-state index contributed by atoms with van der Waals surface area (Å²) in [5.74, 6) is 1.44. The van der Waals surface area contributed by atoms with Gasteiger partial charge in [-0.3, -0.25) is 4.79 Å². The lowest BCUT2D eigenvalue weighted by molar-refractivity contribution is 0.102. The first kappa shape index (κ1) is 14.1. The summed E-state index contributed by atoms with van der Waals surface area (Å²) >= 11 is 1.48. The van der Waals surface area contributed by atoms with Crippen LogP contribution in [0.5, 0.6) is 0 Å². The average Bonchev–Trinajstić information content (AvgIpc) is 3.10. The molecule has 1 aromatic carbocycles. The Balaban J connectivity index is 1.56. The highest BCUT2D eigenvalue weighted by Gasteiger charge is 2.30. The van der Waals surface area contributed by atoms with E-state index in [9.17, 15) is 4.79 Å². The highest BCUT2D eigenvalue weighted by atomic mass is 32.1. The Morgan fingerprint density at radius 2 is 2.00 bits per heavy atom. The van der Waals surface area contributed by atoms with Gasteiger partial charge in [0.05, 0.1) is 5.69 Å². The summed E-state index contributed by atoms with van der Waals surface area (Å²) in [5.41, 5.74) is 2.44. The van der Waals surface area contributed by atoms with E-state index in [1.54, 1.807) is 0 Å². The number of aromatic nitrogens is 2. The van der Waals surface area contributed by atoms with E-state index >= 15 is 0 Å². The number of aryl methyl sites for hydroxylation is 1. The van der Waals surface area contributed by atoms with E-state index in [4.69, 9.17) is 4.42 Å². The molecule has 0 radical (unpaired) electrons. The van der Waals surface area contributed by atoms with Gasteiger partial charge in [0, 0.05) is 11.5 Å². The van der Waals surface area contributed by atoms with Crippen molar-refractivity contribution in [2.75, 3.05) is 5.32 Å². The summed E-state index contributed by atoms with van der Waals surface area (Å²) < 4.78 is 5.73. The number of nitrogens with zero attached hydrogens (tertiary/aromatic N) is 2. The Morgan fingerprint density at radius 1 is 1.22 bits per heavy atom. The number of carbonyl (C=O) groups excluding carboxylic acids is 1. The third-order valence-electron chi connectivity index (χ3n) is 3.79. The van der Waals surface area contributed by atoms with Crippen LogP contribution < -0.4 is 5.32 Å². The lowest BCUT2D eigenvalue weighted by Crippen LogP contribution is -2.11. The van der Waals surface area contributed by atoms with Crippen molar-refractivity contribution in [3.63, 3.8) is 0 Å². The molecule has 5 nitrogen and oxygen atoms in total. The van der Waals surface area contributed by atoms with E-state index in [0.717, 1.165) is 23.3 Å². The Labute approximate surface area is 137 Å². The Morgan fingerprint density at radius 3 is 2.74 bits per heavy atom. The van der Waals surface area contributed by atoms with E-state index in [2.05, 4.69) is 15.5 Å². The SMILES string of the molecule is Cc1ccc(C(=O)Nc2ccsc2-c2nnc(C3CC3)o2)cc1. The first-order chi connectivity index (χ1) is 11.2. The van der Waals surface area contributed by atoms with Crippen molar-refractivity contribution in [3.8, 4) is 10.8 Å². The first-order valence-corrected chi connectivity index (χ1v) is 8.38. The summed E-state index contributed by atoms with van der Waals surface area (Å²) in [7, 11) is 0. The summed E-state index contributed by atoms with van der Waals surface area (Å²) in [6, 6.07) is 9.32. The molecule has 0 atom stereocenters. The van der Waals surface area contributed by atoms with Crippen LogP contribution in [0.4, 0.5) is 5.69 Å². The zero-order valence-electron chi connectivity index (χ0n) is 12.6. The summed E-state index contributed by atoms with van der Waals surface area (Å²) in [6.07, 6.45) is 2.23. The van der Waals surface area contributed by atoms with E-state index in [1.807, 2.05) is 42.6 Å². The molecular weight excluding hydrogens is 310 g/mol. The van der Waals surface area contributed by atoms with Gasteiger partial charge in [-0.2, -0.15) is 0 Å². The number of hydrogen-bond acceptors (Lipinski definition) is 5. The van der Waals surface area contributed by atoms with Crippen LogP contribution in [0, 0.1) is 6.92 Å². The maximum atomic E-state index is 12.4. The zero-order chi connectivity index (χ0) is 15.8. The van der Waals surface area contributed by atoms with Gasteiger partial charge in [0.15, 0.2) is 0 Å². The summed E-state index contributed by atoms with van der Waals surface area (Å²) in [4.78, 5) is 13.2. The van der Waals surface area contributed by atoms with Crippen LogP contribution in [0.25, 0.3) is 10.8 Å². The maximum absolute atomic E-state index is 12.4. The van der Waals surface area contributed by atoms with E-state index in [1.165, 1.54) is 11.3 Å². The topological polar surface area (TPSA) is 68.0 Å². The molecule has 1 aliphatic carbocycles. The highest BCUT2D eigenvalue weighted by molar-refractivity contribution is 7.14. The number of carbonyl (C=O) groups is 1. The quantitative estimate of drug-likeness (QED) is 0.779. The molecule has 1 fully saturated rings. The zero-order valence-corrected chi connectivity index (χ0v) is 13.4. The van der Waals surface area contributed by atoms with Crippen molar-refractivity contribution in [2.24, 2.45) is 0 Å². The third kappa shape index (κ3) is 2.90. The van der Waals surface area contributed by atoms with Crippen LogP contribution in [-0.4, -0.2) is 16.1 Å². The summed E-state index contributed by atoms with van der Waals surface area (Å²) in [6.45, 7) is 1.99. The number of amides is 1. The standard InChI is InChI=1S/C17H15N3O2S/c1-10-2-4-11(5-3-10)15(21)18-13-8-9-23-14(13)17-20-19-16(22-17)12-6-7-12/h2-5,8-9,12H,6-7H2,1H3,(H,18,21). The molecule has 1 N–H and O–H groups in total. The number of benzene rings is 1. The van der Waals surface area contributed by atoms with Gasteiger partial charge in [0.25, 0.3) is 11.8 Å². The molecular formula is C17H15N3O2S. The highest BCUT2D eigenvalue weighted by Crippen LogP contribution is 2.41. The van der Waals surface area contributed by atoms with Gasteiger partial charge in [-0.25, -0.2) is 0 Å². The van der Waals surface area contributed by atoms with Crippen LogP contribution in [0.15, 0.2) is 40.1 Å². The molecule has 3 aromatic rings. The minimum absolute atomic E-state index is 0.147. The fraction of sp³-hybridized carbons (Fsp3) is 0.235. The largest absolute Gasteiger partial charge is 0.420 e. The smallest absolute Gasteiger partial charge is 0.259 e. The molecule has 2 heterocycles. The lowest BCUT2D eigenvalue weighted by Gasteiger charge is -2.05. The molecule has 0 aliphatic heterocycles. The van der Waals surface area contributed by atoms with Gasteiger partial charge < -0.3 is 9.73 Å². The van der Waals surface area contributed by atoms with Crippen molar-refractivity contribution in [1.82, 2.24) is 10.2 Å². The van der Waals surface area contributed by atoms with Gasteiger partial charge in [0.1, 0.15) is 4.88 Å². The lowest BCUT2D eigenvalue weighted by atomic mass is 10.1. The van der Waals surface area contributed by atoms with Gasteiger partial charge in [-0.1, -0.05) is 17.7 Å². The van der Waals surface area contributed by atoms with Crippen LogP contribution >= 0.6 is 11.3 Å². The molecule has 23 heavy (non-hydrogen) atoms. The molecule has 6 heteroatoms. The average molecular weight is 325 g/mol. The monoisotopic (exact) mass is 325 g/mol. The van der Waals surface area contributed by atoms with E-state index in [-0.39, 0.29) is 5.91 Å². The fourth-order valence-electron chi connectivity index (χ4n) is 2.29. The van der Waals surface area contributed by atoms with Gasteiger partial charge >= 0.3 is 0 Å². The summed E-state index contributed by atoms with van der Waals surface area (Å²) in [5, 5.41) is 13.0. The number of hydrogen-bond donors (Lipinski definition) is 1. The van der Waals surface area contributed by atoms with Crippen molar-refractivity contribution in [1.29, 1.82) is 0 Å². The van der Waals surface area contributed by atoms with Gasteiger partial charge in [-0.05, 0) is 43.3 Å². The van der Waals surface area contributed by atoms with Crippen LogP contribution in [-0.2, 0) is 0 Å². The predicted octanol–water partition coefficient (Wildman–Crippen LogP) is 4.24. The molecule has 4 rings (SSSR count). The fourth-order valence-corrected chi connectivity index (χ4v) is 3.06. The molecule has 1 aliphatic rings. The van der Waals surface area contributed by atoms with Crippen LogP contribution in [0.3, 0.4) is 0 Å². The Bertz CT molecular complexity index is 847. The van der Waals surface area contributed by atoms with E-state index in [0.29, 0.717) is 29.0 Å². The molecule has 0 unspecified atom stereocenters. The minimum atomic E-state index is -0.147. The van der Waals surface area contributed by atoms with Gasteiger partial charge in [0.2, 0.25) is 5.89 Å². The van der Waals surface area contributed by atoms with Crippen LogP contribution in [0.1, 0.15) is 40.6 Å². The molecule has 2 aromatic heterocycles. The number of anilines is 1. The molecule has 116 valence electrons. The number of nitrogens with one attached hydrogen (secondary N) is 1.